The topological polar surface area (TPSA) is 23.0 Å². The number of furan rings is 1. The van der Waals surface area contributed by atoms with Gasteiger partial charge in [-0.3, -0.25) is 0 Å². The van der Waals surface area contributed by atoms with Gasteiger partial charge in [-0.1, -0.05) is 158 Å². The third-order valence-corrected chi connectivity index (χ3v) is 12.1. The van der Waals surface area contributed by atoms with E-state index < -0.39 is 30.2 Å². The van der Waals surface area contributed by atoms with Crippen LogP contribution in [0.4, 0.5) is 0 Å². The van der Waals surface area contributed by atoms with Crippen LogP contribution >= 0.6 is 0 Å². The Hall–Kier alpha value is -8.40. The minimum atomic E-state index is -0.471. The molecule has 0 atom stereocenters. The van der Waals surface area contributed by atoms with E-state index in [-0.39, 0.29) is 75.2 Å². The Kier molecular flexibility index (Phi) is 5.68. The molecule has 3 heterocycles. The van der Waals surface area contributed by atoms with Crippen LogP contribution in [0.5, 0.6) is 0 Å². The van der Waals surface area contributed by atoms with Crippen LogP contribution in [0.15, 0.2) is 235 Å². The van der Waals surface area contributed by atoms with Crippen LogP contribution in [0.3, 0.4) is 0 Å². The maximum absolute atomic E-state index is 10.1. The van der Waals surface area contributed by atoms with Crippen molar-refractivity contribution in [1.82, 2.24) is 9.13 Å². The van der Waals surface area contributed by atoms with Crippen molar-refractivity contribution in [2.75, 3.05) is 0 Å². The highest BCUT2D eigenvalue weighted by Crippen LogP contribution is 2.42. The third kappa shape index (κ3) is 5.60. The Balaban J connectivity index is 1.02. The number of hydrogen-bond acceptors (Lipinski definition) is 1. The molecule has 0 fully saturated rings. The second-order valence-electron chi connectivity index (χ2n) is 15.5. The summed E-state index contributed by atoms with van der Waals surface area (Å²) in [5.41, 5.74) is 8.71. The van der Waals surface area contributed by atoms with Crippen molar-refractivity contribution in [1.29, 1.82) is 0 Å². The van der Waals surface area contributed by atoms with Crippen molar-refractivity contribution in [3.63, 3.8) is 0 Å². The van der Waals surface area contributed by atoms with E-state index in [0.717, 1.165) is 49.7 Å². The standard InChI is InChI=1S/C60H38N2O/c1-4-15-39(16-5-1)42-27-32-55(50(35-42)41-19-8-3-9-20-41)62-54-25-13-11-22-48(54)52-37-44(29-34-57(52)62)43-28-33-56-51(36-43)47-21-10-12-24-53(47)61(56)45-30-31-49-59(38-45)63-58-26-14-23-46(60(49)58)40-17-6-2-7-18-40/h1-38H/i2D,6D,7D,11D,13D,17D,18D,22D,25D,29D,34D,37D. The van der Waals surface area contributed by atoms with Crippen LogP contribution in [-0.2, 0) is 0 Å². The first-order valence-corrected chi connectivity index (χ1v) is 20.6. The van der Waals surface area contributed by atoms with Gasteiger partial charge in [0.05, 0.1) is 44.2 Å². The summed E-state index contributed by atoms with van der Waals surface area (Å²) < 4.78 is 119. The van der Waals surface area contributed by atoms with Gasteiger partial charge >= 0.3 is 0 Å². The minimum Gasteiger partial charge on any atom is -0.456 e. The van der Waals surface area contributed by atoms with Crippen molar-refractivity contribution in [3.05, 3.63) is 230 Å². The quantitative estimate of drug-likeness (QED) is 0.164. The molecule has 13 rings (SSSR count). The lowest BCUT2D eigenvalue weighted by Gasteiger charge is -2.16. The van der Waals surface area contributed by atoms with E-state index in [9.17, 15) is 6.85 Å². The van der Waals surface area contributed by atoms with Crippen molar-refractivity contribution in [2.45, 2.75) is 0 Å². The largest absolute Gasteiger partial charge is 0.456 e. The Labute approximate surface area is 380 Å². The first-order valence-electron chi connectivity index (χ1n) is 26.6. The fourth-order valence-electron chi connectivity index (χ4n) is 9.24. The molecule has 0 radical (unpaired) electrons. The van der Waals surface area contributed by atoms with Gasteiger partial charge in [0, 0.05) is 49.6 Å². The van der Waals surface area contributed by atoms with Crippen LogP contribution < -0.4 is 0 Å². The number of hydrogen-bond donors (Lipinski definition) is 0. The predicted molar refractivity (Wildman–Crippen MR) is 264 cm³/mol. The molecule has 0 saturated carbocycles. The summed E-state index contributed by atoms with van der Waals surface area (Å²) in [5.74, 6) is 0. The maximum atomic E-state index is 10.1. The van der Waals surface area contributed by atoms with E-state index in [1.165, 1.54) is 0 Å². The summed E-state index contributed by atoms with van der Waals surface area (Å²) >= 11 is 0. The van der Waals surface area contributed by atoms with E-state index in [4.69, 9.17) is 14.0 Å². The summed E-state index contributed by atoms with van der Waals surface area (Å²) in [6.45, 7) is 0. The predicted octanol–water partition coefficient (Wildman–Crippen LogP) is 16.4. The van der Waals surface area contributed by atoms with Gasteiger partial charge in [-0.05, 0) is 106 Å². The Bertz CT molecular complexity index is 4590. The molecule has 63 heavy (non-hydrogen) atoms. The first kappa shape index (κ1) is 25.4. The lowest BCUT2D eigenvalue weighted by molar-refractivity contribution is 0.668. The molecule has 3 aromatic heterocycles. The molecular weight excluding hydrogens is 765 g/mol. The molecule has 0 bridgehead atoms. The van der Waals surface area contributed by atoms with Crippen molar-refractivity contribution >= 4 is 65.6 Å². The Morgan fingerprint density at radius 1 is 0.349 bits per heavy atom. The van der Waals surface area contributed by atoms with Crippen LogP contribution in [0.25, 0.3) is 121 Å². The van der Waals surface area contributed by atoms with Crippen LogP contribution in [-0.4, -0.2) is 9.13 Å². The van der Waals surface area contributed by atoms with Crippen LogP contribution in [0, 0.1) is 0 Å². The van der Waals surface area contributed by atoms with Gasteiger partial charge in [0.1, 0.15) is 11.2 Å². The van der Waals surface area contributed by atoms with E-state index in [1.807, 2.05) is 140 Å². The number of fused-ring (bicyclic) bond motifs is 9. The van der Waals surface area contributed by atoms with Gasteiger partial charge in [0.2, 0.25) is 0 Å². The SMILES string of the molecule is [2H]c1c([2H])c([2H])c(-c2cccc3oc4cc(-n5c6ccccc6c6cc(-c7c([2H])c([2H])c8c(c7[2H])c7c([2H])c([2H])c([2H])c([2H])c7n8-c7ccc(-c8ccccc8)cc7-c7ccccc7)ccc65)ccc4c23)c([2H])c1[2H]. The molecule has 3 nitrogen and oxygen atoms in total. The molecule has 0 N–H and O–H groups in total. The van der Waals surface area contributed by atoms with Crippen LogP contribution in [0.1, 0.15) is 16.4 Å². The molecule has 0 spiro atoms. The molecular formula is C60H38N2O. The van der Waals surface area contributed by atoms with E-state index >= 15 is 0 Å². The molecule has 294 valence electrons. The number of aromatic nitrogens is 2. The minimum absolute atomic E-state index is 0.0843. The second kappa shape index (κ2) is 14.1. The summed E-state index contributed by atoms with van der Waals surface area (Å²) in [6.07, 6.45) is 0. The Morgan fingerprint density at radius 3 is 1.95 bits per heavy atom. The third-order valence-electron chi connectivity index (χ3n) is 12.1. The number of rotatable bonds is 6. The van der Waals surface area contributed by atoms with Crippen molar-refractivity contribution in [3.8, 4) is 55.9 Å². The van der Waals surface area contributed by atoms with Gasteiger partial charge in [-0.25, -0.2) is 0 Å². The maximum Gasteiger partial charge on any atom is 0.137 e. The molecule has 3 heteroatoms. The average Bonchev–Trinajstić information content (AvgIpc) is 4.14. The van der Waals surface area contributed by atoms with Crippen molar-refractivity contribution in [2.24, 2.45) is 0 Å². The van der Waals surface area contributed by atoms with Gasteiger partial charge in [0.15, 0.2) is 0 Å². The van der Waals surface area contributed by atoms with Crippen LogP contribution in [0.2, 0.25) is 0 Å². The summed E-state index contributed by atoms with van der Waals surface area (Å²) in [6, 6.07) is 45.7. The number of para-hydroxylation sites is 2. The highest BCUT2D eigenvalue weighted by Gasteiger charge is 2.20. The van der Waals surface area contributed by atoms with E-state index in [0.29, 0.717) is 38.8 Å². The zero-order valence-corrected chi connectivity index (χ0v) is 33.3. The fraction of sp³-hybridized carbons (Fsp3) is 0. The second-order valence-corrected chi connectivity index (χ2v) is 15.5. The molecule has 0 aliphatic heterocycles. The number of benzene rings is 10. The molecule has 0 aliphatic rings. The molecule has 0 aliphatic carbocycles. The normalized spacial score (nSPS) is 14.5. The average molecular weight is 815 g/mol. The van der Waals surface area contributed by atoms with E-state index in [2.05, 4.69) is 4.57 Å². The lowest BCUT2D eigenvalue weighted by atomic mass is 9.97. The monoisotopic (exact) mass is 814 g/mol. The molecule has 10 aromatic carbocycles. The molecule has 0 amide bonds. The van der Waals surface area contributed by atoms with Gasteiger partial charge in [-0.2, -0.15) is 0 Å². The van der Waals surface area contributed by atoms with Gasteiger partial charge < -0.3 is 13.6 Å². The Morgan fingerprint density at radius 2 is 1.08 bits per heavy atom. The first-order chi connectivity index (χ1) is 36.2. The summed E-state index contributed by atoms with van der Waals surface area (Å²) in [7, 11) is 0. The zero-order chi connectivity index (χ0) is 51.9. The zero-order valence-electron chi connectivity index (χ0n) is 45.3. The highest BCUT2D eigenvalue weighted by atomic mass is 16.3. The number of nitrogens with zero attached hydrogens (tertiary/aromatic N) is 2. The van der Waals surface area contributed by atoms with Crippen molar-refractivity contribution < 1.29 is 20.9 Å². The summed E-state index contributed by atoms with van der Waals surface area (Å²) in [4.78, 5) is 0. The smallest absolute Gasteiger partial charge is 0.137 e. The lowest BCUT2D eigenvalue weighted by Crippen LogP contribution is -1.98. The summed E-state index contributed by atoms with van der Waals surface area (Å²) in [5, 5.41) is 3.18. The van der Waals surface area contributed by atoms with E-state index in [1.54, 1.807) is 22.8 Å². The molecule has 13 aromatic rings. The molecule has 0 saturated heterocycles. The van der Waals surface area contributed by atoms with Gasteiger partial charge in [-0.15, -0.1) is 0 Å². The van der Waals surface area contributed by atoms with Gasteiger partial charge in [0.25, 0.3) is 0 Å². The molecule has 0 unspecified atom stereocenters. The fourth-order valence-corrected chi connectivity index (χ4v) is 9.24. The highest BCUT2D eigenvalue weighted by molar-refractivity contribution is 6.15.